The first-order valence-corrected chi connectivity index (χ1v) is 13.3. The van der Waals surface area contributed by atoms with Crippen molar-refractivity contribution in [3.05, 3.63) is 46.6 Å². The number of allylic oxidation sites excluding steroid dienone is 8. The summed E-state index contributed by atoms with van der Waals surface area (Å²) in [5.41, 5.74) is 5.59. The fraction of sp³-hybridized carbons (Fsp3) is 0.700. The maximum absolute atomic E-state index is 13.6. The summed E-state index contributed by atoms with van der Waals surface area (Å²) in [5.74, 6) is 0.608. The Bertz CT molecular complexity index is 693. The summed E-state index contributed by atoms with van der Waals surface area (Å²) in [4.78, 5) is 15.8. The van der Waals surface area contributed by atoms with Gasteiger partial charge in [-0.1, -0.05) is 60.4 Å². The van der Waals surface area contributed by atoms with Crippen molar-refractivity contribution in [3.63, 3.8) is 0 Å². The number of piperazine rings is 1. The van der Waals surface area contributed by atoms with E-state index >= 15 is 0 Å². The zero-order chi connectivity index (χ0) is 24.8. The third kappa shape index (κ3) is 11.9. The summed E-state index contributed by atoms with van der Waals surface area (Å²) >= 11 is 0. The molecule has 0 radical (unpaired) electrons. The second kappa shape index (κ2) is 16.1. The first-order valence-electron chi connectivity index (χ1n) is 13.3. The molecular weight excluding hydrogens is 404 g/mol. The van der Waals surface area contributed by atoms with Crippen molar-refractivity contribution >= 4 is 5.91 Å². The number of amides is 1. The predicted molar refractivity (Wildman–Crippen MR) is 145 cm³/mol. The van der Waals surface area contributed by atoms with E-state index in [0.717, 1.165) is 58.0 Å². The fourth-order valence-electron chi connectivity index (χ4n) is 4.66. The second-order valence-electron chi connectivity index (χ2n) is 10.5. The first kappa shape index (κ1) is 29.4. The minimum atomic E-state index is 0.271. The highest BCUT2D eigenvalue weighted by atomic mass is 16.2. The van der Waals surface area contributed by atoms with Crippen molar-refractivity contribution in [3.8, 4) is 0 Å². The lowest BCUT2D eigenvalue weighted by atomic mass is 9.93. The van der Waals surface area contributed by atoms with Crippen LogP contribution in [0, 0.1) is 5.92 Å². The van der Waals surface area contributed by atoms with E-state index in [1.54, 1.807) is 0 Å². The highest BCUT2D eigenvalue weighted by Gasteiger charge is 2.32. The molecule has 0 aromatic carbocycles. The van der Waals surface area contributed by atoms with Crippen LogP contribution in [0.1, 0.15) is 107 Å². The smallest absolute Gasteiger partial charge is 0.223 e. The van der Waals surface area contributed by atoms with Gasteiger partial charge < -0.3 is 10.2 Å². The Kier molecular flexibility index (Phi) is 14.3. The molecule has 1 heterocycles. The van der Waals surface area contributed by atoms with Gasteiger partial charge in [-0.05, 0) is 92.4 Å². The molecule has 188 valence electrons. The van der Waals surface area contributed by atoms with Crippen LogP contribution >= 0.6 is 0 Å². The molecule has 1 N–H and O–H groups in total. The summed E-state index contributed by atoms with van der Waals surface area (Å²) in [5, 5.41) is 3.53. The standard InChI is InChI=1S/C30H52N2O/c1-9-28-21-31-22-29(10-2)32(28)30(33)20-27(19-26(8)16-12-14-24(5)6)18-17-25(7)15-11-13-23(3)4/h13-14,17,19,27-29,31H,9-12,15-16,18,20-22H2,1-8H3/b25-17+,26-19+. The number of nitrogens with zero attached hydrogens (tertiary/aromatic N) is 1. The third-order valence-electron chi connectivity index (χ3n) is 6.69. The van der Waals surface area contributed by atoms with Gasteiger partial charge in [-0.3, -0.25) is 4.79 Å². The van der Waals surface area contributed by atoms with E-state index in [4.69, 9.17) is 0 Å². The molecular formula is C30H52N2O. The minimum absolute atomic E-state index is 0.271. The molecule has 0 bridgehead atoms. The Morgan fingerprint density at radius 2 is 1.36 bits per heavy atom. The number of nitrogens with one attached hydrogen (secondary N) is 1. The Labute approximate surface area is 205 Å². The van der Waals surface area contributed by atoms with Crippen LogP contribution in [-0.4, -0.2) is 36.0 Å². The summed E-state index contributed by atoms with van der Waals surface area (Å²) < 4.78 is 0. The number of hydrogen-bond donors (Lipinski definition) is 1. The molecule has 3 heteroatoms. The molecule has 0 aromatic heterocycles. The normalized spacial score (nSPS) is 20.4. The molecule has 1 amide bonds. The van der Waals surface area contributed by atoms with Crippen LogP contribution in [0.4, 0.5) is 0 Å². The Morgan fingerprint density at radius 3 is 1.85 bits per heavy atom. The van der Waals surface area contributed by atoms with Gasteiger partial charge in [0.25, 0.3) is 0 Å². The largest absolute Gasteiger partial charge is 0.334 e. The highest BCUT2D eigenvalue weighted by molar-refractivity contribution is 5.77. The molecule has 1 aliphatic heterocycles. The van der Waals surface area contributed by atoms with Crippen molar-refractivity contribution in [2.45, 2.75) is 119 Å². The number of carbonyl (C=O) groups excluding carboxylic acids is 1. The van der Waals surface area contributed by atoms with E-state index in [1.165, 1.54) is 22.3 Å². The number of hydrogen-bond acceptors (Lipinski definition) is 2. The van der Waals surface area contributed by atoms with Crippen molar-refractivity contribution < 1.29 is 4.79 Å². The molecule has 0 saturated carbocycles. The van der Waals surface area contributed by atoms with Gasteiger partial charge in [-0.25, -0.2) is 0 Å². The van der Waals surface area contributed by atoms with Gasteiger partial charge in [0.05, 0.1) is 0 Å². The quantitative estimate of drug-likeness (QED) is 0.287. The molecule has 1 saturated heterocycles. The van der Waals surface area contributed by atoms with E-state index in [2.05, 4.69) is 89.9 Å². The zero-order valence-electron chi connectivity index (χ0n) is 23.0. The van der Waals surface area contributed by atoms with E-state index in [1.807, 2.05) is 0 Å². The molecule has 1 fully saturated rings. The lowest BCUT2D eigenvalue weighted by molar-refractivity contribution is -0.138. The van der Waals surface area contributed by atoms with Crippen LogP contribution in [0.25, 0.3) is 0 Å². The Hall–Kier alpha value is -1.61. The highest BCUT2D eigenvalue weighted by Crippen LogP contribution is 2.24. The van der Waals surface area contributed by atoms with Gasteiger partial charge in [0.2, 0.25) is 5.91 Å². The fourth-order valence-corrected chi connectivity index (χ4v) is 4.66. The molecule has 3 atom stereocenters. The summed E-state index contributed by atoms with van der Waals surface area (Å²) in [7, 11) is 0. The van der Waals surface area contributed by atoms with Crippen molar-refractivity contribution in [1.29, 1.82) is 0 Å². The second-order valence-corrected chi connectivity index (χ2v) is 10.5. The van der Waals surface area contributed by atoms with E-state index < -0.39 is 0 Å². The number of carbonyl (C=O) groups is 1. The molecule has 1 aliphatic rings. The average Bonchev–Trinajstić information content (AvgIpc) is 2.76. The third-order valence-corrected chi connectivity index (χ3v) is 6.69. The Balaban J connectivity index is 2.96. The van der Waals surface area contributed by atoms with Gasteiger partial charge in [0.15, 0.2) is 0 Å². The molecule has 0 aliphatic carbocycles. The summed E-state index contributed by atoms with van der Waals surface area (Å²) in [6.07, 6.45) is 17.3. The van der Waals surface area contributed by atoms with Gasteiger partial charge in [0, 0.05) is 31.6 Å². The molecule has 33 heavy (non-hydrogen) atoms. The molecule has 3 nitrogen and oxygen atoms in total. The van der Waals surface area contributed by atoms with Crippen molar-refractivity contribution in [2.75, 3.05) is 13.1 Å². The predicted octanol–water partition coefficient (Wildman–Crippen LogP) is 7.76. The van der Waals surface area contributed by atoms with Gasteiger partial charge in [0.1, 0.15) is 0 Å². The number of rotatable bonds is 13. The lowest BCUT2D eigenvalue weighted by Gasteiger charge is -2.42. The molecule has 0 spiro atoms. The average molecular weight is 457 g/mol. The lowest BCUT2D eigenvalue weighted by Crippen LogP contribution is -2.59. The maximum atomic E-state index is 13.6. The topological polar surface area (TPSA) is 32.3 Å². The van der Waals surface area contributed by atoms with Gasteiger partial charge in [-0.15, -0.1) is 0 Å². The Morgan fingerprint density at radius 1 is 0.848 bits per heavy atom. The van der Waals surface area contributed by atoms with Gasteiger partial charge in [-0.2, -0.15) is 0 Å². The minimum Gasteiger partial charge on any atom is -0.334 e. The maximum Gasteiger partial charge on any atom is 0.223 e. The van der Waals surface area contributed by atoms with Crippen LogP contribution < -0.4 is 5.32 Å². The van der Waals surface area contributed by atoms with Gasteiger partial charge >= 0.3 is 0 Å². The summed E-state index contributed by atoms with van der Waals surface area (Å²) in [6.45, 7) is 19.3. The van der Waals surface area contributed by atoms with Crippen LogP contribution in [0.2, 0.25) is 0 Å². The van der Waals surface area contributed by atoms with Crippen molar-refractivity contribution in [1.82, 2.24) is 10.2 Å². The van der Waals surface area contributed by atoms with E-state index in [0.29, 0.717) is 24.4 Å². The van der Waals surface area contributed by atoms with E-state index in [-0.39, 0.29) is 5.92 Å². The van der Waals surface area contributed by atoms with Crippen LogP contribution in [0.15, 0.2) is 46.6 Å². The van der Waals surface area contributed by atoms with E-state index in [9.17, 15) is 4.79 Å². The monoisotopic (exact) mass is 456 g/mol. The zero-order valence-corrected chi connectivity index (χ0v) is 23.0. The molecule has 1 rings (SSSR count). The summed E-state index contributed by atoms with van der Waals surface area (Å²) in [6, 6.07) is 0.641. The van der Waals surface area contributed by atoms with Crippen LogP contribution in [0.3, 0.4) is 0 Å². The van der Waals surface area contributed by atoms with Crippen molar-refractivity contribution in [2.24, 2.45) is 5.92 Å². The molecule has 0 aromatic rings. The first-order chi connectivity index (χ1) is 15.7. The SMILES string of the molecule is CCC1CNCC(CC)N1C(=O)CC(/C=C(\C)CCC=C(C)C)C/C=C(\C)CCC=C(C)C. The van der Waals surface area contributed by atoms with Crippen LogP contribution in [0.5, 0.6) is 0 Å². The molecule has 3 unspecified atom stereocenters. The van der Waals surface area contributed by atoms with Crippen LogP contribution in [-0.2, 0) is 4.79 Å².